The van der Waals surface area contributed by atoms with E-state index < -0.39 is 6.04 Å². The number of piperidine rings is 1. The highest BCUT2D eigenvalue weighted by atomic mass is 16.5. The van der Waals surface area contributed by atoms with Crippen molar-refractivity contribution >= 4 is 17.5 Å². The number of nitrogens with one attached hydrogen (secondary N) is 1. The maximum Gasteiger partial charge on any atom is 0.249 e. The minimum absolute atomic E-state index is 0.0914. The molecule has 1 aromatic carbocycles. The number of allylic oxidation sites excluding steroid dienone is 1. The Morgan fingerprint density at radius 2 is 2.09 bits per heavy atom. The van der Waals surface area contributed by atoms with Gasteiger partial charge in [-0.05, 0) is 38.8 Å². The molecule has 0 radical (unpaired) electrons. The van der Waals surface area contributed by atoms with Gasteiger partial charge in [-0.1, -0.05) is 17.7 Å². The number of hydrogen-bond acceptors (Lipinski definition) is 3. The second-order valence-corrected chi connectivity index (χ2v) is 5.59. The second-order valence-electron chi connectivity index (χ2n) is 5.59. The number of benzene rings is 1. The summed E-state index contributed by atoms with van der Waals surface area (Å²) in [5.41, 5.74) is 1.65. The van der Waals surface area contributed by atoms with E-state index in [1.54, 1.807) is 12.0 Å². The summed E-state index contributed by atoms with van der Waals surface area (Å²) < 4.78 is 5.33. The van der Waals surface area contributed by atoms with Crippen molar-refractivity contribution in [3.8, 4) is 5.75 Å². The van der Waals surface area contributed by atoms with Gasteiger partial charge in [0.1, 0.15) is 11.8 Å². The van der Waals surface area contributed by atoms with Crippen molar-refractivity contribution < 1.29 is 14.3 Å². The van der Waals surface area contributed by atoms with Crippen LogP contribution in [0.1, 0.15) is 26.7 Å². The van der Waals surface area contributed by atoms with E-state index in [0.717, 1.165) is 17.7 Å². The minimum Gasteiger partial charge on any atom is -0.495 e. The lowest BCUT2D eigenvalue weighted by atomic mass is 10.0. The molecule has 1 heterocycles. The van der Waals surface area contributed by atoms with Crippen LogP contribution in [-0.2, 0) is 9.59 Å². The van der Waals surface area contributed by atoms with Crippen molar-refractivity contribution in [2.75, 3.05) is 18.6 Å². The molecule has 0 bridgehead atoms. The molecule has 1 aliphatic heterocycles. The van der Waals surface area contributed by atoms with Gasteiger partial charge in [0.25, 0.3) is 0 Å². The Bertz CT molecular complexity index is 591. The van der Waals surface area contributed by atoms with E-state index in [2.05, 4.69) is 5.32 Å². The smallest absolute Gasteiger partial charge is 0.249 e. The lowest BCUT2D eigenvalue weighted by molar-refractivity contribution is -0.126. The molecule has 118 valence electrons. The van der Waals surface area contributed by atoms with Gasteiger partial charge in [0, 0.05) is 12.6 Å². The third-order valence-corrected chi connectivity index (χ3v) is 3.55. The molecule has 0 aliphatic carbocycles. The summed E-state index contributed by atoms with van der Waals surface area (Å²) in [4.78, 5) is 26.2. The average molecular weight is 302 g/mol. The fourth-order valence-electron chi connectivity index (χ4n) is 2.58. The molecule has 0 unspecified atom stereocenters. The van der Waals surface area contributed by atoms with Crippen LogP contribution >= 0.6 is 0 Å². The molecule has 0 saturated carbocycles. The van der Waals surface area contributed by atoms with Gasteiger partial charge in [-0.25, -0.2) is 0 Å². The number of carbonyl (C=O) groups is 2. The number of anilines is 1. The highest BCUT2D eigenvalue weighted by Gasteiger charge is 2.31. The van der Waals surface area contributed by atoms with Crippen molar-refractivity contribution in [1.82, 2.24) is 5.32 Å². The lowest BCUT2D eigenvalue weighted by Crippen LogP contribution is -2.52. The predicted octanol–water partition coefficient (Wildman–Crippen LogP) is 2.27. The molecule has 1 fully saturated rings. The molecule has 5 heteroatoms. The quantitative estimate of drug-likeness (QED) is 0.868. The summed E-state index contributed by atoms with van der Waals surface area (Å²) in [7, 11) is 1.58. The van der Waals surface area contributed by atoms with Crippen molar-refractivity contribution in [2.45, 2.75) is 32.7 Å². The predicted molar refractivity (Wildman–Crippen MR) is 85.9 cm³/mol. The van der Waals surface area contributed by atoms with Gasteiger partial charge >= 0.3 is 0 Å². The first-order valence-electron chi connectivity index (χ1n) is 7.42. The Morgan fingerprint density at radius 1 is 1.36 bits per heavy atom. The summed E-state index contributed by atoms with van der Waals surface area (Å²) in [5, 5.41) is 2.79. The molecule has 0 aromatic heterocycles. The van der Waals surface area contributed by atoms with E-state index in [1.807, 2.05) is 38.1 Å². The number of methoxy groups -OCH3 is 1. The zero-order chi connectivity index (χ0) is 16.1. The largest absolute Gasteiger partial charge is 0.495 e. The zero-order valence-corrected chi connectivity index (χ0v) is 13.3. The molecule has 1 saturated heterocycles. The Hall–Kier alpha value is -2.30. The first-order valence-corrected chi connectivity index (χ1v) is 7.42. The number of amides is 2. The SMILES string of the molecule is COc1ccccc1N1CCC[C@@H](NC(=O)C=C(C)C)C1=O. The number of rotatable bonds is 4. The summed E-state index contributed by atoms with van der Waals surface area (Å²) in [5.74, 6) is 0.346. The fourth-order valence-corrected chi connectivity index (χ4v) is 2.58. The van der Waals surface area contributed by atoms with Crippen LogP contribution in [0.2, 0.25) is 0 Å². The van der Waals surface area contributed by atoms with Crippen molar-refractivity contribution in [1.29, 1.82) is 0 Å². The molecule has 5 nitrogen and oxygen atoms in total. The van der Waals surface area contributed by atoms with Crippen LogP contribution in [0.5, 0.6) is 5.75 Å². The molecule has 1 aromatic rings. The summed E-state index contributed by atoms with van der Waals surface area (Å²) in [6, 6.07) is 6.94. The second kappa shape index (κ2) is 7.11. The average Bonchev–Trinajstić information content (AvgIpc) is 2.48. The van der Waals surface area contributed by atoms with E-state index in [9.17, 15) is 9.59 Å². The summed E-state index contributed by atoms with van der Waals surface area (Å²) >= 11 is 0. The van der Waals surface area contributed by atoms with Crippen molar-refractivity contribution in [3.05, 3.63) is 35.9 Å². The van der Waals surface area contributed by atoms with Gasteiger partial charge in [0.05, 0.1) is 12.8 Å². The Balaban J connectivity index is 2.16. The highest BCUT2D eigenvalue weighted by molar-refractivity contribution is 6.02. The first-order chi connectivity index (χ1) is 10.5. The number of nitrogens with zero attached hydrogens (tertiary/aromatic N) is 1. The maximum atomic E-state index is 12.7. The Kier molecular flexibility index (Phi) is 5.20. The monoisotopic (exact) mass is 302 g/mol. The standard InChI is InChI=1S/C17H22N2O3/c1-12(2)11-16(20)18-13-7-6-10-19(17(13)21)14-8-4-5-9-15(14)22-3/h4-5,8-9,11,13H,6-7,10H2,1-3H3,(H,18,20)/t13-/m1/s1. The fraction of sp³-hybridized carbons (Fsp3) is 0.412. The normalized spacial score (nSPS) is 17.9. The maximum absolute atomic E-state index is 12.7. The molecular weight excluding hydrogens is 280 g/mol. The molecule has 1 aliphatic rings. The zero-order valence-electron chi connectivity index (χ0n) is 13.3. The topological polar surface area (TPSA) is 58.6 Å². The highest BCUT2D eigenvalue weighted by Crippen LogP contribution is 2.30. The minimum atomic E-state index is -0.484. The molecule has 2 rings (SSSR count). The summed E-state index contributed by atoms with van der Waals surface area (Å²) in [6.45, 7) is 4.33. The molecule has 2 amide bonds. The van der Waals surface area contributed by atoms with Gasteiger partial charge < -0.3 is 15.0 Å². The third-order valence-electron chi connectivity index (χ3n) is 3.55. The Morgan fingerprint density at radius 3 is 2.77 bits per heavy atom. The van der Waals surface area contributed by atoms with Crippen molar-refractivity contribution in [2.24, 2.45) is 0 Å². The first kappa shape index (κ1) is 16.1. The van der Waals surface area contributed by atoms with Crippen LogP contribution < -0.4 is 15.0 Å². The van der Waals surface area contributed by atoms with Crippen molar-refractivity contribution in [3.63, 3.8) is 0 Å². The van der Waals surface area contributed by atoms with Gasteiger partial charge in [0.15, 0.2) is 0 Å². The van der Waals surface area contributed by atoms with Gasteiger partial charge in [-0.3, -0.25) is 9.59 Å². The van der Waals surface area contributed by atoms with E-state index in [-0.39, 0.29) is 11.8 Å². The van der Waals surface area contributed by atoms with Gasteiger partial charge in [-0.15, -0.1) is 0 Å². The van der Waals surface area contributed by atoms with E-state index >= 15 is 0 Å². The molecular formula is C17H22N2O3. The molecule has 1 atom stereocenters. The van der Waals surface area contributed by atoms with Crippen LogP contribution in [-0.4, -0.2) is 31.5 Å². The van der Waals surface area contributed by atoms with Crippen LogP contribution in [0.3, 0.4) is 0 Å². The van der Waals surface area contributed by atoms with Gasteiger partial charge in [-0.2, -0.15) is 0 Å². The van der Waals surface area contributed by atoms with Crippen LogP contribution in [0, 0.1) is 0 Å². The van der Waals surface area contributed by atoms with E-state index in [1.165, 1.54) is 6.08 Å². The third kappa shape index (κ3) is 3.67. The van der Waals surface area contributed by atoms with Crippen LogP contribution in [0.15, 0.2) is 35.9 Å². The Labute approximate surface area is 130 Å². The number of ether oxygens (including phenoxy) is 1. The number of para-hydroxylation sites is 2. The van der Waals surface area contributed by atoms with Gasteiger partial charge in [0.2, 0.25) is 11.8 Å². The molecule has 1 N–H and O–H groups in total. The number of carbonyl (C=O) groups excluding carboxylic acids is 2. The molecule has 22 heavy (non-hydrogen) atoms. The van der Waals surface area contributed by atoms with Crippen LogP contribution in [0.4, 0.5) is 5.69 Å². The van der Waals surface area contributed by atoms with Crippen LogP contribution in [0.25, 0.3) is 0 Å². The van der Waals surface area contributed by atoms with E-state index in [0.29, 0.717) is 18.7 Å². The molecule has 0 spiro atoms. The number of hydrogen-bond donors (Lipinski definition) is 1. The summed E-state index contributed by atoms with van der Waals surface area (Å²) in [6.07, 6.45) is 3.01. The van der Waals surface area contributed by atoms with E-state index in [4.69, 9.17) is 4.74 Å². The lowest BCUT2D eigenvalue weighted by Gasteiger charge is -2.33.